The molecule has 1 rings (SSSR count). The SMILES string of the molecule is CC(CCN)S(=O)CCc1ccccc1[N+](=O)[O-]. The van der Waals surface area contributed by atoms with Crippen LogP contribution in [0.2, 0.25) is 0 Å². The van der Waals surface area contributed by atoms with Crippen LogP contribution >= 0.6 is 0 Å². The first kappa shape index (κ1) is 14.8. The first-order valence-corrected chi connectivity index (χ1v) is 7.24. The molecule has 0 aliphatic heterocycles. The third-order valence-electron chi connectivity index (χ3n) is 2.78. The molecule has 0 heterocycles. The van der Waals surface area contributed by atoms with Crippen molar-refractivity contribution < 1.29 is 9.13 Å². The smallest absolute Gasteiger partial charge is 0.272 e. The molecule has 0 spiro atoms. The molecule has 0 saturated carbocycles. The Labute approximate surface area is 109 Å². The van der Waals surface area contributed by atoms with Gasteiger partial charge in [-0.05, 0) is 19.4 Å². The molecular formula is C12H18N2O3S. The molecule has 1 aromatic carbocycles. The van der Waals surface area contributed by atoms with Gasteiger partial charge in [-0.3, -0.25) is 14.3 Å². The van der Waals surface area contributed by atoms with Crippen LogP contribution in [0.25, 0.3) is 0 Å². The molecule has 0 bridgehead atoms. The second-order valence-corrected chi connectivity index (χ2v) is 6.08. The minimum Gasteiger partial charge on any atom is -0.330 e. The topological polar surface area (TPSA) is 86.2 Å². The van der Waals surface area contributed by atoms with Crippen LogP contribution in [-0.4, -0.2) is 26.7 Å². The second kappa shape index (κ2) is 7.23. The number of rotatable bonds is 7. The summed E-state index contributed by atoms with van der Waals surface area (Å²) in [5, 5.41) is 10.9. The first-order chi connectivity index (χ1) is 8.56. The van der Waals surface area contributed by atoms with E-state index < -0.39 is 15.7 Å². The summed E-state index contributed by atoms with van der Waals surface area (Å²) in [5.74, 6) is 0.437. The highest BCUT2D eigenvalue weighted by molar-refractivity contribution is 7.85. The van der Waals surface area contributed by atoms with Gasteiger partial charge < -0.3 is 5.73 Å². The monoisotopic (exact) mass is 270 g/mol. The van der Waals surface area contributed by atoms with Crippen LogP contribution in [0.15, 0.2) is 24.3 Å². The van der Waals surface area contributed by atoms with Crippen molar-refractivity contribution in [2.45, 2.75) is 25.0 Å². The lowest BCUT2D eigenvalue weighted by atomic mass is 10.1. The first-order valence-electron chi connectivity index (χ1n) is 5.85. The highest BCUT2D eigenvalue weighted by Gasteiger charge is 2.15. The molecule has 1 aromatic rings. The zero-order chi connectivity index (χ0) is 13.5. The Morgan fingerprint density at radius 1 is 1.44 bits per heavy atom. The number of aryl methyl sites for hydroxylation is 1. The van der Waals surface area contributed by atoms with E-state index in [1.807, 2.05) is 6.92 Å². The van der Waals surface area contributed by atoms with Gasteiger partial charge in [0.2, 0.25) is 0 Å². The third kappa shape index (κ3) is 4.19. The lowest BCUT2D eigenvalue weighted by Gasteiger charge is -2.09. The van der Waals surface area contributed by atoms with Crippen LogP contribution in [-0.2, 0) is 17.2 Å². The van der Waals surface area contributed by atoms with E-state index in [0.717, 1.165) is 0 Å². The van der Waals surface area contributed by atoms with Crippen molar-refractivity contribution in [3.63, 3.8) is 0 Å². The molecule has 0 radical (unpaired) electrons. The van der Waals surface area contributed by atoms with Crippen molar-refractivity contribution in [2.75, 3.05) is 12.3 Å². The molecule has 2 atom stereocenters. The molecule has 0 amide bonds. The fourth-order valence-electron chi connectivity index (χ4n) is 1.68. The van der Waals surface area contributed by atoms with Gasteiger partial charge >= 0.3 is 0 Å². The summed E-state index contributed by atoms with van der Waals surface area (Å²) in [4.78, 5) is 10.4. The molecule has 0 aliphatic carbocycles. The molecule has 0 fully saturated rings. The van der Waals surface area contributed by atoms with Gasteiger partial charge in [0, 0.05) is 33.4 Å². The number of nitro benzene ring substituents is 1. The Hall–Kier alpha value is -1.27. The third-order valence-corrected chi connectivity index (χ3v) is 4.52. The Morgan fingerprint density at radius 2 is 2.11 bits per heavy atom. The molecule has 5 nitrogen and oxygen atoms in total. The highest BCUT2D eigenvalue weighted by Crippen LogP contribution is 2.18. The second-order valence-electron chi connectivity index (χ2n) is 4.11. The number of nitrogens with zero attached hydrogens (tertiary/aromatic N) is 1. The van der Waals surface area contributed by atoms with Crippen molar-refractivity contribution in [3.05, 3.63) is 39.9 Å². The largest absolute Gasteiger partial charge is 0.330 e. The minimum absolute atomic E-state index is 0.0396. The standard InChI is InChI=1S/C12H18N2O3S/c1-10(6-8-13)18(17)9-7-11-4-2-3-5-12(11)14(15)16/h2-5,10H,6-9,13H2,1H3. The van der Waals surface area contributed by atoms with Crippen LogP contribution in [0, 0.1) is 10.1 Å². The summed E-state index contributed by atoms with van der Waals surface area (Å²) in [5.41, 5.74) is 6.15. The summed E-state index contributed by atoms with van der Waals surface area (Å²) in [6.45, 7) is 2.40. The predicted octanol–water partition coefficient (Wildman–Crippen LogP) is 1.62. The van der Waals surface area contributed by atoms with E-state index in [1.54, 1.807) is 18.2 Å². The van der Waals surface area contributed by atoms with E-state index in [0.29, 0.717) is 30.7 Å². The summed E-state index contributed by atoms with van der Waals surface area (Å²) in [6.07, 6.45) is 1.17. The molecule has 2 N–H and O–H groups in total. The van der Waals surface area contributed by atoms with Crippen LogP contribution in [0.3, 0.4) is 0 Å². The molecule has 18 heavy (non-hydrogen) atoms. The molecule has 100 valence electrons. The fourth-order valence-corrected chi connectivity index (χ4v) is 2.90. The zero-order valence-corrected chi connectivity index (χ0v) is 11.2. The van der Waals surface area contributed by atoms with Gasteiger partial charge in [0.1, 0.15) is 0 Å². The Morgan fingerprint density at radius 3 is 2.72 bits per heavy atom. The molecule has 0 aliphatic rings. The average Bonchev–Trinajstić information content (AvgIpc) is 2.36. The number of hydrogen-bond acceptors (Lipinski definition) is 4. The van der Waals surface area contributed by atoms with E-state index in [2.05, 4.69) is 0 Å². The lowest BCUT2D eigenvalue weighted by molar-refractivity contribution is -0.385. The Bertz CT molecular complexity index is 437. The van der Waals surface area contributed by atoms with Gasteiger partial charge in [0.15, 0.2) is 0 Å². The van der Waals surface area contributed by atoms with E-state index in [4.69, 9.17) is 5.73 Å². The van der Waals surface area contributed by atoms with E-state index in [9.17, 15) is 14.3 Å². The van der Waals surface area contributed by atoms with Crippen molar-refractivity contribution in [1.29, 1.82) is 0 Å². The number of nitrogens with two attached hydrogens (primary N) is 1. The Kier molecular flexibility index (Phi) is 5.94. The van der Waals surface area contributed by atoms with Crippen LogP contribution in [0.4, 0.5) is 5.69 Å². The zero-order valence-electron chi connectivity index (χ0n) is 10.4. The van der Waals surface area contributed by atoms with Gasteiger partial charge in [0.25, 0.3) is 5.69 Å². The van der Waals surface area contributed by atoms with Gasteiger partial charge in [0.05, 0.1) is 4.92 Å². The van der Waals surface area contributed by atoms with Crippen molar-refractivity contribution in [1.82, 2.24) is 0 Å². The maximum Gasteiger partial charge on any atom is 0.272 e. The van der Waals surface area contributed by atoms with Crippen LogP contribution in [0.5, 0.6) is 0 Å². The maximum atomic E-state index is 11.9. The minimum atomic E-state index is -0.989. The van der Waals surface area contributed by atoms with Crippen molar-refractivity contribution in [3.8, 4) is 0 Å². The summed E-state index contributed by atoms with van der Waals surface area (Å²) >= 11 is 0. The van der Waals surface area contributed by atoms with Gasteiger partial charge in [-0.15, -0.1) is 0 Å². The summed E-state index contributed by atoms with van der Waals surface area (Å²) in [7, 11) is -0.989. The summed E-state index contributed by atoms with van der Waals surface area (Å²) < 4.78 is 11.9. The normalized spacial score (nSPS) is 14.1. The van der Waals surface area contributed by atoms with E-state index >= 15 is 0 Å². The average molecular weight is 270 g/mol. The number of benzene rings is 1. The van der Waals surface area contributed by atoms with Gasteiger partial charge in [-0.2, -0.15) is 0 Å². The lowest BCUT2D eigenvalue weighted by Crippen LogP contribution is -2.19. The van der Waals surface area contributed by atoms with Crippen LogP contribution in [0.1, 0.15) is 18.9 Å². The number of nitro groups is 1. The van der Waals surface area contributed by atoms with Crippen molar-refractivity contribution >= 4 is 16.5 Å². The quantitative estimate of drug-likeness (QED) is 0.602. The maximum absolute atomic E-state index is 11.9. The molecule has 2 unspecified atom stereocenters. The van der Waals surface area contributed by atoms with Crippen LogP contribution < -0.4 is 5.73 Å². The fraction of sp³-hybridized carbons (Fsp3) is 0.500. The molecular weight excluding hydrogens is 252 g/mol. The summed E-state index contributed by atoms with van der Waals surface area (Å²) in [6, 6.07) is 6.58. The molecule has 0 aromatic heterocycles. The van der Waals surface area contributed by atoms with E-state index in [-0.39, 0.29) is 10.9 Å². The number of para-hydroxylation sites is 1. The van der Waals surface area contributed by atoms with Crippen molar-refractivity contribution in [2.24, 2.45) is 5.73 Å². The van der Waals surface area contributed by atoms with Gasteiger partial charge in [-0.1, -0.05) is 25.1 Å². The Balaban J connectivity index is 2.64. The highest BCUT2D eigenvalue weighted by atomic mass is 32.2. The molecule has 0 saturated heterocycles. The molecule has 6 heteroatoms. The van der Waals surface area contributed by atoms with E-state index in [1.165, 1.54) is 6.07 Å². The van der Waals surface area contributed by atoms with Gasteiger partial charge in [-0.25, -0.2) is 0 Å². The predicted molar refractivity (Wildman–Crippen MR) is 72.9 cm³/mol. The number of hydrogen-bond donors (Lipinski definition) is 1.